The van der Waals surface area contributed by atoms with E-state index in [1.807, 2.05) is 0 Å². The van der Waals surface area contributed by atoms with Crippen molar-refractivity contribution in [3.8, 4) is 0 Å². The van der Waals surface area contributed by atoms with Gasteiger partial charge in [0.1, 0.15) is 0 Å². The number of rotatable bonds is 16. The average Bonchev–Trinajstić information content (AvgIpc) is 2.91. The van der Waals surface area contributed by atoms with Gasteiger partial charge in [-0.05, 0) is 48.6 Å². The SMILES string of the molecule is O=S(=O)([O-])[O-].OC=CC[P+](CC=CO)(CC=CO)CC=CO.OC=CC[P+](CC=CO)(CC=CO)CC=CO. The van der Waals surface area contributed by atoms with Gasteiger partial charge in [-0.3, -0.25) is 8.42 Å². The van der Waals surface area contributed by atoms with Crippen LogP contribution in [0.5, 0.6) is 0 Å². The lowest BCUT2D eigenvalue weighted by atomic mass is 10.7. The third-order valence-electron chi connectivity index (χ3n) is 4.78. The Hall–Kier alpha value is -2.95. The zero-order chi connectivity index (χ0) is 30.5. The summed E-state index contributed by atoms with van der Waals surface area (Å²) >= 11 is 0. The molecule has 12 nitrogen and oxygen atoms in total. The molecule has 0 radical (unpaired) electrons. The highest BCUT2D eigenvalue weighted by Crippen LogP contribution is 2.59. The summed E-state index contributed by atoms with van der Waals surface area (Å²) < 4.78 is 34.1. The first-order valence-electron chi connectivity index (χ1n) is 11.2. The first-order chi connectivity index (χ1) is 18.5. The summed E-state index contributed by atoms with van der Waals surface area (Å²) in [6, 6.07) is 0. The van der Waals surface area contributed by atoms with Crippen molar-refractivity contribution in [1.29, 1.82) is 0 Å². The third-order valence-corrected chi connectivity index (χ3v) is 12.7. The maximum atomic E-state index is 8.74. The number of hydrogen-bond acceptors (Lipinski definition) is 12. The highest BCUT2D eigenvalue weighted by Gasteiger charge is 2.33. The van der Waals surface area contributed by atoms with Crippen LogP contribution in [0.15, 0.2) is 98.7 Å². The van der Waals surface area contributed by atoms with Gasteiger partial charge in [-0.15, -0.1) is 0 Å². The van der Waals surface area contributed by atoms with Crippen molar-refractivity contribution in [2.24, 2.45) is 0 Å². The lowest BCUT2D eigenvalue weighted by Crippen LogP contribution is -2.08. The molecular formula is C24H40O12P2S. The summed E-state index contributed by atoms with van der Waals surface area (Å²) in [6.45, 7) is 0. The summed E-state index contributed by atoms with van der Waals surface area (Å²) in [5, 5.41) is 69.9. The van der Waals surface area contributed by atoms with Gasteiger partial charge in [-0.25, -0.2) is 0 Å². The second-order valence-corrected chi connectivity index (χ2v) is 16.7. The minimum Gasteiger partial charge on any atom is -0.759 e. The van der Waals surface area contributed by atoms with Crippen LogP contribution < -0.4 is 0 Å². The predicted octanol–water partition coefficient (Wildman–Crippen LogP) is 5.24. The van der Waals surface area contributed by atoms with Crippen LogP contribution in [0.25, 0.3) is 0 Å². The van der Waals surface area contributed by atoms with E-state index in [4.69, 9.17) is 58.4 Å². The van der Waals surface area contributed by atoms with E-state index in [0.717, 1.165) is 50.1 Å². The Morgan fingerprint density at radius 2 is 0.487 bits per heavy atom. The molecule has 0 aliphatic rings. The zero-order valence-electron chi connectivity index (χ0n) is 21.4. The second kappa shape index (κ2) is 26.6. The summed E-state index contributed by atoms with van der Waals surface area (Å²) in [4.78, 5) is 0. The molecule has 0 atom stereocenters. The highest BCUT2D eigenvalue weighted by atomic mass is 32.3. The van der Waals surface area contributed by atoms with Crippen LogP contribution in [0.1, 0.15) is 0 Å². The van der Waals surface area contributed by atoms with Crippen molar-refractivity contribution in [3.05, 3.63) is 98.7 Å². The van der Waals surface area contributed by atoms with Crippen LogP contribution in [-0.2, 0) is 10.4 Å². The summed E-state index contributed by atoms with van der Waals surface area (Å²) in [6.07, 6.45) is 26.8. The average molecular weight is 615 g/mol. The molecule has 0 saturated carbocycles. The van der Waals surface area contributed by atoms with E-state index in [9.17, 15) is 0 Å². The molecule has 0 aliphatic heterocycles. The van der Waals surface area contributed by atoms with Gasteiger partial charge < -0.3 is 50.0 Å². The minimum atomic E-state index is -5.17. The van der Waals surface area contributed by atoms with Gasteiger partial charge in [0.05, 0.1) is 99.4 Å². The van der Waals surface area contributed by atoms with Crippen molar-refractivity contribution in [3.63, 3.8) is 0 Å². The van der Waals surface area contributed by atoms with E-state index in [1.165, 1.54) is 0 Å². The van der Waals surface area contributed by atoms with Crippen molar-refractivity contribution in [2.45, 2.75) is 0 Å². The third kappa shape index (κ3) is 27.9. The second-order valence-electron chi connectivity index (χ2n) is 7.63. The molecule has 0 amide bonds. The standard InChI is InChI=1S/2C12H19O4P.H2O4S/c2*13-5-1-9-17(10-2-6-14,11-3-7-15)12-4-8-16;1-5(2,3)4/h2*1-8H,9-12H2,(H3-,13,14,15,16);(H2,1,2,3,4). The van der Waals surface area contributed by atoms with E-state index in [-0.39, 0.29) is 0 Å². The molecule has 0 fully saturated rings. The molecule has 0 aromatic heterocycles. The first kappa shape index (κ1) is 40.5. The maximum Gasteiger partial charge on any atom is 0.0815 e. The Morgan fingerprint density at radius 1 is 0.385 bits per heavy atom. The van der Waals surface area contributed by atoms with Crippen molar-refractivity contribution in [2.75, 3.05) is 49.3 Å². The van der Waals surface area contributed by atoms with Gasteiger partial charge in [-0.2, -0.15) is 0 Å². The smallest absolute Gasteiger partial charge is 0.0815 e. The molecule has 8 N–H and O–H groups in total. The van der Waals surface area contributed by atoms with Gasteiger partial charge in [-0.1, -0.05) is 0 Å². The minimum absolute atomic E-state index is 0.683. The molecule has 0 aliphatic carbocycles. The molecular weight excluding hydrogens is 574 g/mol. The van der Waals surface area contributed by atoms with Crippen LogP contribution in [0, 0.1) is 0 Å². The van der Waals surface area contributed by atoms with Crippen molar-refractivity contribution < 1.29 is 58.4 Å². The lowest BCUT2D eigenvalue weighted by Gasteiger charge is -2.22. The summed E-state index contributed by atoms with van der Waals surface area (Å²) in [7, 11) is -8.27. The molecule has 39 heavy (non-hydrogen) atoms. The molecule has 0 aromatic rings. The Morgan fingerprint density at radius 3 is 0.564 bits per heavy atom. The van der Waals surface area contributed by atoms with Crippen LogP contribution in [0.3, 0.4) is 0 Å². The first-order valence-corrected chi connectivity index (χ1v) is 17.6. The maximum absolute atomic E-state index is 8.74. The van der Waals surface area contributed by atoms with Gasteiger partial charge in [0, 0.05) is 24.9 Å². The van der Waals surface area contributed by atoms with Crippen LogP contribution in [0.4, 0.5) is 0 Å². The van der Waals surface area contributed by atoms with Crippen molar-refractivity contribution in [1.82, 2.24) is 0 Å². The quantitative estimate of drug-likeness (QED) is 0.0481. The van der Waals surface area contributed by atoms with Gasteiger partial charge in [0.25, 0.3) is 0 Å². The number of aliphatic hydroxyl groups excluding tert-OH is 8. The number of aliphatic hydroxyl groups is 8. The monoisotopic (exact) mass is 614 g/mol. The Bertz CT molecular complexity index is 732. The highest BCUT2D eigenvalue weighted by molar-refractivity contribution is 7.79. The van der Waals surface area contributed by atoms with E-state index < -0.39 is 24.9 Å². The Labute approximate surface area is 231 Å². The van der Waals surface area contributed by atoms with Crippen LogP contribution >= 0.6 is 14.5 Å². The topological polar surface area (TPSA) is 242 Å². The van der Waals surface area contributed by atoms with Crippen LogP contribution in [-0.4, -0.2) is 108 Å². The molecule has 0 unspecified atom stereocenters. The van der Waals surface area contributed by atoms with E-state index >= 15 is 0 Å². The van der Waals surface area contributed by atoms with Crippen LogP contribution in [0.2, 0.25) is 0 Å². The molecule has 224 valence electrons. The molecule has 0 aromatic carbocycles. The van der Waals surface area contributed by atoms with E-state index in [0.29, 0.717) is 49.3 Å². The fourth-order valence-electron chi connectivity index (χ4n) is 3.06. The molecule has 0 rings (SSSR count). The predicted molar refractivity (Wildman–Crippen MR) is 157 cm³/mol. The number of allylic oxidation sites excluding steroid dienone is 8. The van der Waals surface area contributed by atoms with Gasteiger partial charge in [0.15, 0.2) is 0 Å². The van der Waals surface area contributed by atoms with Gasteiger partial charge in [0.2, 0.25) is 0 Å². The largest absolute Gasteiger partial charge is 0.759 e. The Kier molecular flexibility index (Phi) is 27.7. The lowest BCUT2D eigenvalue weighted by molar-refractivity contribution is 0.352. The van der Waals surface area contributed by atoms with E-state index in [2.05, 4.69) is 0 Å². The molecule has 0 heterocycles. The fraction of sp³-hybridized carbons (Fsp3) is 0.333. The summed E-state index contributed by atoms with van der Waals surface area (Å²) in [5.74, 6) is 0. The Balaban J connectivity index is -0.000000566. The van der Waals surface area contributed by atoms with Gasteiger partial charge >= 0.3 is 0 Å². The molecule has 0 spiro atoms. The summed E-state index contributed by atoms with van der Waals surface area (Å²) in [5.41, 5.74) is 0. The van der Waals surface area contributed by atoms with E-state index in [1.54, 1.807) is 48.6 Å². The zero-order valence-corrected chi connectivity index (χ0v) is 24.0. The molecule has 0 saturated heterocycles. The van der Waals surface area contributed by atoms with Crippen molar-refractivity contribution >= 4 is 24.9 Å². The molecule has 0 bridgehead atoms. The fourth-order valence-corrected chi connectivity index (χ4v) is 9.18. The molecule has 15 heteroatoms. The number of hydrogen-bond donors (Lipinski definition) is 8. The normalized spacial score (nSPS) is 15.8.